The third-order valence-corrected chi connectivity index (χ3v) is 5.11. The first-order valence-electron chi connectivity index (χ1n) is 8.47. The van der Waals surface area contributed by atoms with E-state index in [1.165, 1.54) is 0 Å². The average Bonchev–Trinajstić information content (AvgIpc) is 2.66. The molecule has 4 nitrogen and oxygen atoms in total. The minimum atomic E-state index is -0.808. The summed E-state index contributed by atoms with van der Waals surface area (Å²) in [6.07, 6.45) is -0.984. The van der Waals surface area contributed by atoms with Gasteiger partial charge in [-0.3, -0.25) is 0 Å². The van der Waals surface area contributed by atoms with Gasteiger partial charge in [-0.25, -0.2) is 0 Å². The van der Waals surface area contributed by atoms with Gasteiger partial charge in [0, 0.05) is 10.8 Å². The molecule has 4 atom stereocenters. The van der Waals surface area contributed by atoms with Crippen LogP contribution < -0.4 is 0 Å². The van der Waals surface area contributed by atoms with Gasteiger partial charge in [-0.2, -0.15) is 0 Å². The van der Waals surface area contributed by atoms with E-state index in [1.54, 1.807) is 0 Å². The lowest BCUT2D eigenvalue weighted by molar-refractivity contribution is -0.249. The van der Waals surface area contributed by atoms with Gasteiger partial charge in [0.25, 0.3) is 0 Å². The molecular weight excluding hydrogens is 431 g/mol. The fourth-order valence-electron chi connectivity index (χ4n) is 2.95. The molecule has 2 aromatic rings. The smallest absolute Gasteiger partial charge is 0.157 e. The first kappa shape index (κ1) is 18.8. The highest BCUT2D eigenvalue weighted by atomic mass is 127. The van der Waals surface area contributed by atoms with Crippen LogP contribution in [-0.4, -0.2) is 34.1 Å². The molecule has 3 rings (SSSR count). The summed E-state index contributed by atoms with van der Waals surface area (Å²) in [4.78, 5) is 0. The van der Waals surface area contributed by atoms with Crippen molar-refractivity contribution in [3.8, 4) is 0 Å². The number of hydrogen-bond acceptors (Lipinski definition) is 4. The van der Waals surface area contributed by atoms with E-state index in [4.69, 9.17) is 14.2 Å². The van der Waals surface area contributed by atoms with Crippen molar-refractivity contribution in [2.45, 2.75) is 44.2 Å². The normalized spacial score (nSPS) is 26.5. The van der Waals surface area contributed by atoms with Crippen molar-refractivity contribution >= 4 is 22.6 Å². The Labute approximate surface area is 162 Å². The second kappa shape index (κ2) is 9.64. The van der Waals surface area contributed by atoms with Crippen LogP contribution in [0.5, 0.6) is 0 Å². The van der Waals surface area contributed by atoms with E-state index in [0.29, 0.717) is 19.6 Å². The van der Waals surface area contributed by atoms with Gasteiger partial charge in [0.15, 0.2) is 6.29 Å². The van der Waals surface area contributed by atoms with Gasteiger partial charge in [0.2, 0.25) is 0 Å². The van der Waals surface area contributed by atoms with E-state index in [-0.39, 0.29) is 18.3 Å². The number of benzene rings is 2. The molecule has 25 heavy (non-hydrogen) atoms. The number of rotatable bonds is 7. The van der Waals surface area contributed by atoms with Crippen molar-refractivity contribution in [1.82, 2.24) is 0 Å². The lowest BCUT2D eigenvalue weighted by Gasteiger charge is -2.39. The van der Waals surface area contributed by atoms with Crippen LogP contribution in [0.15, 0.2) is 60.7 Å². The SMILES string of the molecule is OC1C[C@@H](OCc2ccccc2)[C@@H](OCc2ccccc2)[C@@H](CI)O1. The minimum absolute atomic E-state index is 0.186. The summed E-state index contributed by atoms with van der Waals surface area (Å²) in [6.45, 7) is 1.00. The summed E-state index contributed by atoms with van der Waals surface area (Å²) in [5, 5.41) is 10.0. The molecule has 134 valence electrons. The predicted molar refractivity (Wildman–Crippen MR) is 104 cm³/mol. The predicted octanol–water partition coefficient (Wildman–Crippen LogP) is 3.70. The number of halogens is 1. The van der Waals surface area contributed by atoms with Crippen LogP contribution in [0.3, 0.4) is 0 Å². The Morgan fingerprint density at radius 2 is 1.48 bits per heavy atom. The topological polar surface area (TPSA) is 47.9 Å². The first-order chi connectivity index (χ1) is 12.3. The van der Waals surface area contributed by atoms with Gasteiger partial charge in [-0.1, -0.05) is 83.3 Å². The molecule has 1 heterocycles. The molecule has 0 amide bonds. The van der Waals surface area contributed by atoms with Crippen LogP contribution in [0.4, 0.5) is 0 Å². The van der Waals surface area contributed by atoms with Crippen molar-refractivity contribution in [2.24, 2.45) is 0 Å². The zero-order valence-electron chi connectivity index (χ0n) is 14.0. The zero-order chi connectivity index (χ0) is 17.5. The lowest BCUT2D eigenvalue weighted by Crippen LogP contribution is -2.51. The highest BCUT2D eigenvalue weighted by molar-refractivity contribution is 14.1. The molecule has 5 heteroatoms. The number of ether oxygens (including phenoxy) is 3. The van der Waals surface area contributed by atoms with Gasteiger partial charge in [0.1, 0.15) is 6.10 Å². The second-order valence-corrected chi connectivity index (χ2v) is 7.00. The maximum absolute atomic E-state index is 10.0. The molecule has 0 bridgehead atoms. The van der Waals surface area contributed by atoms with Crippen molar-refractivity contribution in [1.29, 1.82) is 0 Å². The van der Waals surface area contributed by atoms with E-state index in [9.17, 15) is 5.11 Å². The number of alkyl halides is 1. The molecule has 0 saturated carbocycles. The second-order valence-electron chi connectivity index (χ2n) is 6.12. The van der Waals surface area contributed by atoms with Crippen molar-refractivity contribution in [3.05, 3.63) is 71.8 Å². The molecule has 1 unspecified atom stereocenters. The van der Waals surface area contributed by atoms with Crippen molar-refractivity contribution < 1.29 is 19.3 Å². The quantitative estimate of drug-likeness (QED) is 0.512. The Kier molecular flexibility index (Phi) is 7.24. The number of aliphatic hydroxyl groups is 1. The molecule has 1 aliphatic heterocycles. The maximum Gasteiger partial charge on any atom is 0.157 e. The minimum Gasteiger partial charge on any atom is -0.371 e. The third kappa shape index (κ3) is 5.49. The number of aliphatic hydroxyl groups excluding tert-OH is 1. The van der Waals surface area contributed by atoms with Crippen molar-refractivity contribution in [3.63, 3.8) is 0 Å². The average molecular weight is 454 g/mol. The molecule has 0 radical (unpaired) electrons. The Bertz CT molecular complexity index is 622. The summed E-state index contributed by atoms with van der Waals surface area (Å²) in [7, 11) is 0. The molecule has 1 saturated heterocycles. The monoisotopic (exact) mass is 454 g/mol. The fourth-order valence-corrected chi connectivity index (χ4v) is 3.66. The summed E-state index contributed by atoms with van der Waals surface area (Å²) < 4.78 is 18.7. The molecular formula is C20H23IO4. The summed E-state index contributed by atoms with van der Waals surface area (Å²) in [5.74, 6) is 0. The summed E-state index contributed by atoms with van der Waals surface area (Å²) in [5.41, 5.74) is 2.22. The van der Waals surface area contributed by atoms with Crippen LogP contribution in [0.1, 0.15) is 17.5 Å². The van der Waals surface area contributed by atoms with Gasteiger partial charge >= 0.3 is 0 Å². The molecule has 0 aromatic heterocycles. The first-order valence-corrected chi connectivity index (χ1v) is 9.99. The largest absolute Gasteiger partial charge is 0.371 e. The van der Waals surface area contributed by atoms with E-state index in [2.05, 4.69) is 22.6 Å². The Morgan fingerprint density at radius 1 is 0.920 bits per heavy atom. The summed E-state index contributed by atoms with van der Waals surface area (Å²) in [6, 6.07) is 20.1. The van der Waals surface area contributed by atoms with Crippen LogP contribution >= 0.6 is 22.6 Å². The zero-order valence-corrected chi connectivity index (χ0v) is 16.1. The fraction of sp³-hybridized carbons (Fsp3) is 0.400. The van der Waals surface area contributed by atoms with Crippen LogP contribution in [0.25, 0.3) is 0 Å². The molecule has 0 aliphatic carbocycles. The van der Waals surface area contributed by atoms with Gasteiger partial charge < -0.3 is 19.3 Å². The molecule has 1 fully saturated rings. The lowest BCUT2D eigenvalue weighted by atomic mass is 10.0. The third-order valence-electron chi connectivity index (χ3n) is 4.24. The highest BCUT2D eigenvalue weighted by Gasteiger charge is 2.39. The molecule has 1 N–H and O–H groups in total. The van der Waals surface area contributed by atoms with E-state index in [0.717, 1.165) is 15.6 Å². The molecule has 2 aromatic carbocycles. The van der Waals surface area contributed by atoms with Gasteiger partial charge in [-0.15, -0.1) is 0 Å². The standard InChI is InChI=1S/C20H23IO4/c21-12-18-20(24-14-16-9-5-2-6-10-16)17(11-19(22)25-18)23-13-15-7-3-1-4-8-15/h1-10,17-20,22H,11-14H2/t17-,18-,19?,20-/m1/s1. The van der Waals surface area contributed by atoms with Crippen LogP contribution in [0, 0.1) is 0 Å². The van der Waals surface area contributed by atoms with Crippen LogP contribution in [0.2, 0.25) is 0 Å². The maximum atomic E-state index is 10.0. The van der Waals surface area contributed by atoms with E-state index < -0.39 is 6.29 Å². The summed E-state index contributed by atoms with van der Waals surface area (Å²) >= 11 is 2.26. The van der Waals surface area contributed by atoms with Crippen LogP contribution in [-0.2, 0) is 27.4 Å². The number of hydrogen-bond donors (Lipinski definition) is 1. The molecule has 1 aliphatic rings. The van der Waals surface area contributed by atoms with Gasteiger partial charge in [0.05, 0.1) is 25.4 Å². The van der Waals surface area contributed by atoms with Crippen molar-refractivity contribution in [2.75, 3.05) is 4.43 Å². The Morgan fingerprint density at radius 3 is 2.04 bits per heavy atom. The Hall–Kier alpha value is -0.990. The van der Waals surface area contributed by atoms with E-state index >= 15 is 0 Å². The van der Waals surface area contributed by atoms with Gasteiger partial charge in [-0.05, 0) is 11.1 Å². The molecule has 0 spiro atoms. The Balaban J connectivity index is 1.65. The highest BCUT2D eigenvalue weighted by Crippen LogP contribution is 2.27. The van der Waals surface area contributed by atoms with E-state index in [1.807, 2.05) is 60.7 Å².